The standard InChI is InChI=1S/C14H18FNO3/c1-9(7-17)16(2)14(18)11-5-10-6-12(15)3-4-13(10)19-8-11/h3-4,6,9,11,17H,5,7-8H2,1-2H3. The number of ether oxygens (including phenoxy) is 1. The smallest absolute Gasteiger partial charge is 0.229 e. The molecule has 2 rings (SSSR count). The largest absolute Gasteiger partial charge is 0.492 e. The second-order valence-corrected chi connectivity index (χ2v) is 4.94. The predicted molar refractivity (Wildman–Crippen MR) is 68.4 cm³/mol. The van der Waals surface area contributed by atoms with Crippen molar-refractivity contribution in [2.24, 2.45) is 5.92 Å². The van der Waals surface area contributed by atoms with Crippen molar-refractivity contribution < 1.29 is 19.0 Å². The number of aliphatic hydroxyl groups is 1. The number of nitrogens with zero attached hydrogens (tertiary/aromatic N) is 1. The highest BCUT2D eigenvalue weighted by Gasteiger charge is 2.29. The van der Waals surface area contributed by atoms with Gasteiger partial charge >= 0.3 is 0 Å². The number of hydrogen-bond donors (Lipinski definition) is 1. The van der Waals surface area contributed by atoms with Crippen molar-refractivity contribution in [1.82, 2.24) is 4.90 Å². The van der Waals surface area contributed by atoms with Gasteiger partial charge in [0, 0.05) is 7.05 Å². The highest BCUT2D eigenvalue weighted by atomic mass is 19.1. The SMILES string of the molecule is CC(CO)N(C)C(=O)C1COc2ccc(F)cc2C1. The third kappa shape index (κ3) is 2.87. The van der Waals surface area contributed by atoms with Crippen LogP contribution < -0.4 is 4.74 Å². The number of carbonyl (C=O) groups is 1. The van der Waals surface area contributed by atoms with Crippen LogP contribution in [0.4, 0.5) is 4.39 Å². The Hall–Kier alpha value is -1.62. The van der Waals surface area contributed by atoms with Crippen molar-refractivity contribution >= 4 is 5.91 Å². The van der Waals surface area contributed by atoms with E-state index in [4.69, 9.17) is 9.84 Å². The van der Waals surface area contributed by atoms with Gasteiger partial charge in [0.2, 0.25) is 5.91 Å². The molecule has 0 fully saturated rings. The van der Waals surface area contributed by atoms with E-state index in [9.17, 15) is 9.18 Å². The highest BCUT2D eigenvalue weighted by Crippen LogP contribution is 2.28. The summed E-state index contributed by atoms with van der Waals surface area (Å²) in [4.78, 5) is 13.7. The van der Waals surface area contributed by atoms with Gasteiger partial charge in [-0.1, -0.05) is 0 Å². The minimum absolute atomic E-state index is 0.0823. The van der Waals surface area contributed by atoms with Gasteiger partial charge in [0.1, 0.15) is 18.2 Å². The van der Waals surface area contributed by atoms with Gasteiger partial charge in [-0.2, -0.15) is 0 Å². The van der Waals surface area contributed by atoms with Crippen molar-refractivity contribution in [2.75, 3.05) is 20.3 Å². The lowest BCUT2D eigenvalue weighted by atomic mass is 9.95. The molecule has 1 aliphatic heterocycles. The molecular formula is C14H18FNO3. The zero-order chi connectivity index (χ0) is 14.0. The fourth-order valence-corrected chi connectivity index (χ4v) is 2.15. The molecule has 5 heteroatoms. The van der Waals surface area contributed by atoms with Crippen LogP contribution in [0.1, 0.15) is 12.5 Å². The number of likely N-dealkylation sites (N-methyl/N-ethyl adjacent to an activating group) is 1. The molecule has 0 bridgehead atoms. The molecule has 19 heavy (non-hydrogen) atoms. The van der Waals surface area contributed by atoms with Crippen molar-refractivity contribution in [1.29, 1.82) is 0 Å². The second-order valence-electron chi connectivity index (χ2n) is 4.94. The molecule has 1 aliphatic rings. The summed E-state index contributed by atoms with van der Waals surface area (Å²) in [7, 11) is 1.66. The topological polar surface area (TPSA) is 49.8 Å². The number of benzene rings is 1. The Kier molecular flexibility index (Phi) is 4.04. The number of hydrogen-bond acceptors (Lipinski definition) is 3. The number of aliphatic hydroxyl groups excluding tert-OH is 1. The first-order valence-corrected chi connectivity index (χ1v) is 6.31. The third-order valence-corrected chi connectivity index (χ3v) is 3.55. The van der Waals surface area contributed by atoms with Crippen molar-refractivity contribution in [3.63, 3.8) is 0 Å². The molecule has 0 aromatic heterocycles. The molecule has 1 aromatic rings. The molecule has 2 unspecified atom stereocenters. The Morgan fingerprint density at radius 3 is 3.05 bits per heavy atom. The van der Waals surface area contributed by atoms with Crippen LogP contribution in [0, 0.1) is 11.7 Å². The lowest BCUT2D eigenvalue weighted by molar-refractivity contribution is -0.138. The Morgan fingerprint density at radius 2 is 2.37 bits per heavy atom. The maximum Gasteiger partial charge on any atom is 0.229 e. The quantitative estimate of drug-likeness (QED) is 0.895. The zero-order valence-corrected chi connectivity index (χ0v) is 11.1. The first kappa shape index (κ1) is 13.8. The molecule has 1 N–H and O–H groups in total. The van der Waals surface area contributed by atoms with E-state index in [0.29, 0.717) is 18.8 Å². The van der Waals surface area contributed by atoms with E-state index in [-0.39, 0.29) is 30.3 Å². The van der Waals surface area contributed by atoms with E-state index in [1.54, 1.807) is 20.0 Å². The van der Waals surface area contributed by atoms with E-state index in [1.165, 1.54) is 17.0 Å². The predicted octanol–water partition coefficient (Wildman–Crippen LogP) is 1.22. The van der Waals surface area contributed by atoms with Crippen LogP contribution in [0.2, 0.25) is 0 Å². The first-order valence-electron chi connectivity index (χ1n) is 6.31. The third-order valence-electron chi connectivity index (χ3n) is 3.55. The maximum absolute atomic E-state index is 13.2. The van der Waals surface area contributed by atoms with Gasteiger partial charge in [-0.05, 0) is 37.1 Å². The Labute approximate surface area is 111 Å². The Bertz CT molecular complexity index is 478. The van der Waals surface area contributed by atoms with Gasteiger partial charge in [0.05, 0.1) is 18.6 Å². The Morgan fingerprint density at radius 1 is 1.63 bits per heavy atom. The number of halogens is 1. The Balaban J connectivity index is 2.11. The van der Waals surface area contributed by atoms with Gasteiger partial charge < -0.3 is 14.7 Å². The molecule has 0 saturated carbocycles. The molecule has 1 heterocycles. The first-order chi connectivity index (χ1) is 9.02. The fourth-order valence-electron chi connectivity index (χ4n) is 2.15. The molecule has 0 radical (unpaired) electrons. The van der Waals surface area contributed by atoms with Crippen molar-refractivity contribution in [3.05, 3.63) is 29.6 Å². The van der Waals surface area contributed by atoms with Crippen LogP contribution in [0.5, 0.6) is 5.75 Å². The molecule has 104 valence electrons. The van der Waals surface area contributed by atoms with E-state index in [1.807, 2.05) is 0 Å². The molecule has 1 aromatic carbocycles. The van der Waals surface area contributed by atoms with Gasteiger partial charge in [0.25, 0.3) is 0 Å². The highest BCUT2D eigenvalue weighted by molar-refractivity contribution is 5.79. The van der Waals surface area contributed by atoms with Crippen LogP contribution in [0.15, 0.2) is 18.2 Å². The van der Waals surface area contributed by atoms with E-state index >= 15 is 0 Å². The van der Waals surface area contributed by atoms with E-state index in [2.05, 4.69) is 0 Å². The maximum atomic E-state index is 13.2. The number of carbonyl (C=O) groups excluding carboxylic acids is 1. The summed E-state index contributed by atoms with van der Waals surface area (Å²) >= 11 is 0. The molecular weight excluding hydrogens is 249 g/mol. The molecule has 4 nitrogen and oxygen atoms in total. The number of rotatable bonds is 3. The average Bonchev–Trinajstić information content (AvgIpc) is 2.43. The summed E-state index contributed by atoms with van der Waals surface area (Å²) in [5.41, 5.74) is 0.717. The van der Waals surface area contributed by atoms with Crippen LogP contribution in [-0.4, -0.2) is 42.2 Å². The molecule has 0 saturated heterocycles. The fraction of sp³-hybridized carbons (Fsp3) is 0.500. The van der Waals surface area contributed by atoms with Crippen LogP contribution in [-0.2, 0) is 11.2 Å². The number of amides is 1. The monoisotopic (exact) mass is 267 g/mol. The average molecular weight is 267 g/mol. The molecule has 1 amide bonds. The van der Waals surface area contributed by atoms with Crippen molar-refractivity contribution in [3.8, 4) is 5.75 Å². The van der Waals surface area contributed by atoms with Crippen molar-refractivity contribution in [2.45, 2.75) is 19.4 Å². The molecule has 0 aliphatic carbocycles. The van der Waals surface area contributed by atoms with Gasteiger partial charge in [-0.15, -0.1) is 0 Å². The van der Waals surface area contributed by atoms with Crippen LogP contribution in [0.25, 0.3) is 0 Å². The van der Waals surface area contributed by atoms with Gasteiger partial charge in [-0.3, -0.25) is 4.79 Å². The van der Waals surface area contributed by atoms with Gasteiger partial charge in [0.15, 0.2) is 0 Å². The molecule has 0 spiro atoms. The summed E-state index contributed by atoms with van der Waals surface area (Å²) in [5.74, 6) is -0.0967. The van der Waals surface area contributed by atoms with E-state index in [0.717, 1.165) is 5.56 Å². The summed E-state index contributed by atoms with van der Waals surface area (Å²) in [6, 6.07) is 4.11. The summed E-state index contributed by atoms with van der Waals surface area (Å²) < 4.78 is 18.7. The lowest BCUT2D eigenvalue weighted by Gasteiger charge is -2.30. The molecule has 2 atom stereocenters. The zero-order valence-electron chi connectivity index (χ0n) is 11.1. The summed E-state index contributed by atoms with van der Waals surface area (Å²) in [6.07, 6.45) is 0.467. The normalized spacial score (nSPS) is 19.3. The van der Waals surface area contributed by atoms with Crippen LogP contribution in [0.3, 0.4) is 0 Å². The second kappa shape index (κ2) is 5.57. The van der Waals surface area contributed by atoms with Gasteiger partial charge in [-0.25, -0.2) is 4.39 Å². The van der Waals surface area contributed by atoms with E-state index < -0.39 is 0 Å². The summed E-state index contributed by atoms with van der Waals surface area (Å²) in [5, 5.41) is 9.07. The minimum atomic E-state index is -0.326. The lowest BCUT2D eigenvalue weighted by Crippen LogP contribution is -2.44. The number of fused-ring (bicyclic) bond motifs is 1. The summed E-state index contributed by atoms with van der Waals surface area (Å²) in [6.45, 7) is 1.98. The van der Waals surface area contributed by atoms with Crippen LogP contribution >= 0.6 is 0 Å². The minimum Gasteiger partial charge on any atom is -0.492 e.